The van der Waals surface area contributed by atoms with Gasteiger partial charge in [-0.25, -0.2) is 0 Å². The van der Waals surface area contributed by atoms with Gasteiger partial charge in [0.1, 0.15) is 0 Å². The van der Waals surface area contributed by atoms with Crippen LogP contribution in [0.3, 0.4) is 0 Å². The summed E-state index contributed by atoms with van der Waals surface area (Å²) in [4.78, 5) is 6.30. The minimum atomic E-state index is 0. The summed E-state index contributed by atoms with van der Waals surface area (Å²) in [5.74, 6) is 0.913. The summed E-state index contributed by atoms with van der Waals surface area (Å²) in [6.45, 7) is 6.17. The molecule has 0 saturated heterocycles. The maximum Gasteiger partial charge on any atom is 0.193 e. The number of rotatable bonds is 7. The SMILES string of the molecule is C=CCCCN(C)C(=NC)NCCOC.I. The van der Waals surface area contributed by atoms with E-state index in [-0.39, 0.29) is 24.0 Å². The highest BCUT2D eigenvalue weighted by molar-refractivity contribution is 14.0. The van der Waals surface area contributed by atoms with Crippen LogP contribution in [0.2, 0.25) is 0 Å². The van der Waals surface area contributed by atoms with Gasteiger partial charge in [-0.3, -0.25) is 4.99 Å². The van der Waals surface area contributed by atoms with E-state index >= 15 is 0 Å². The van der Waals surface area contributed by atoms with E-state index in [4.69, 9.17) is 4.74 Å². The van der Waals surface area contributed by atoms with Crippen molar-refractivity contribution in [3.63, 3.8) is 0 Å². The molecule has 0 aliphatic rings. The van der Waals surface area contributed by atoms with Crippen molar-refractivity contribution in [1.29, 1.82) is 0 Å². The number of aliphatic imine (C=N–C) groups is 1. The maximum absolute atomic E-state index is 4.97. The summed E-state index contributed by atoms with van der Waals surface area (Å²) in [7, 11) is 5.52. The van der Waals surface area contributed by atoms with E-state index in [0.29, 0.717) is 6.61 Å². The normalized spacial score (nSPS) is 10.6. The maximum atomic E-state index is 4.97. The van der Waals surface area contributed by atoms with E-state index in [2.05, 4.69) is 21.8 Å². The first-order valence-electron chi connectivity index (χ1n) is 5.27. The molecule has 1 N–H and O–H groups in total. The van der Waals surface area contributed by atoms with Crippen molar-refractivity contribution in [2.24, 2.45) is 4.99 Å². The molecule has 0 spiro atoms. The van der Waals surface area contributed by atoms with Crippen LogP contribution in [0.25, 0.3) is 0 Å². The lowest BCUT2D eigenvalue weighted by Gasteiger charge is -2.21. The van der Waals surface area contributed by atoms with E-state index in [0.717, 1.165) is 31.9 Å². The summed E-state index contributed by atoms with van der Waals surface area (Å²) >= 11 is 0. The molecule has 0 aromatic carbocycles. The molecule has 4 nitrogen and oxygen atoms in total. The fourth-order valence-corrected chi connectivity index (χ4v) is 1.23. The molecule has 5 heteroatoms. The average Bonchev–Trinajstić information content (AvgIpc) is 2.24. The zero-order chi connectivity index (χ0) is 11.5. The average molecular weight is 341 g/mol. The molecule has 0 bridgehead atoms. The molecule has 0 amide bonds. The van der Waals surface area contributed by atoms with E-state index in [1.165, 1.54) is 0 Å². The molecule has 0 aromatic heterocycles. The van der Waals surface area contributed by atoms with Crippen molar-refractivity contribution in [2.75, 3.05) is 40.9 Å². The molecule has 0 heterocycles. The van der Waals surface area contributed by atoms with E-state index < -0.39 is 0 Å². The molecule has 0 fully saturated rings. The number of halogens is 1. The number of ether oxygens (including phenoxy) is 1. The zero-order valence-electron chi connectivity index (χ0n) is 10.5. The van der Waals surface area contributed by atoms with Crippen LogP contribution in [0.4, 0.5) is 0 Å². The molecule has 0 aliphatic carbocycles. The Kier molecular flexibility index (Phi) is 14.4. The van der Waals surface area contributed by atoms with Gasteiger partial charge in [0.25, 0.3) is 0 Å². The van der Waals surface area contributed by atoms with Gasteiger partial charge in [-0.05, 0) is 12.8 Å². The molecule has 0 aromatic rings. The summed E-state index contributed by atoms with van der Waals surface area (Å²) in [5, 5.41) is 3.22. The van der Waals surface area contributed by atoms with Gasteiger partial charge in [0.2, 0.25) is 0 Å². The second-order valence-corrected chi connectivity index (χ2v) is 3.32. The molecule has 0 rings (SSSR count). The molecule has 0 radical (unpaired) electrons. The first-order chi connectivity index (χ1) is 7.26. The first-order valence-corrected chi connectivity index (χ1v) is 5.27. The number of hydrogen-bond acceptors (Lipinski definition) is 2. The Morgan fingerprint density at radius 2 is 2.25 bits per heavy atom. The van der Waals surface area contributed by atoms with Gasteiger partial charge in [0, 0.05) is 34.3 Å². The van der Waals surface area contributed by atoms with Crippen molar-refractivity contribution in [3.8, 4) is 0 Å². The van der Waals surface area contributed by atoms with Crippen LogP contribution in [0.5, 0.6) is 0 Å². The highest BCUT2D eigenvalue weighted by Gasteiger charge is 2.03. The molecule has 0 unspecified atom stereocenters. The number of unbranched alkanes of at least 4 members (excludes halogenated alkanes) is 1. The van der Waals surface area contributed by atoms with E-state index in [1.807, 2.05) is 13.1 Å². The lowest BCUT2D eigenvalue weighted by Crippen LogP contribution is -2.40. The smallest absolute Gasteiger partial charge is 0.193 e. The topological polar surface area (TPSA) is 36.9 Å². The Hall–Kier alpha value is -0.300. The van der Waals surface area contributed by atoms with Crippen LogP contribution in [-0.2, 0) is 4.74 Å². The van der Waals surface area contributed by atoms with Crippen molar-refractivity contribution < 1.29 is 4.74 Å². The Morgan fingerprint density at radius 1 is 1.56 bits per heavy atom. The Balaban J connectivity index is 0. The highest BCUT2D eigenvalue weighted by Crippen LogP contribution is 1.93. The largest absolute Gasteiger partial charge is 0.383 e. The summed E-state index contributed by atoms with van der Waals surface area (Å²) in [6.07, 6.45) is 4.08. The Morgan fingerprint density at radius 3 is 2.75 bits per heavy atom. The van der Waals surface area contributed by atoms with Crippen molar-refractivity contribution in [3.05, 3.63) is 12.7 Å². The summed E-state index contributed by atoms with van der Waals surface area (Å²) in [6, 6.07) is 0. The standard InChI is InChI=1S/C11H23N3O.HI/c1-5-6-7-9-14(3)11(12-2)13-8-10-15-4;/h5H,1,6-10H2,2-4H3,(H,12,13);1H. The lowest BCUT2D eigenvalue weighted by molar-refractivity contribution is 0.203. The van der Waals surface area contributed by atoms with Crippen LogP contribution in [0.1, 0.15) is 12.8 Å². The summed E-state index contributed by atoms with van der Waals surface area (Å²) in [5.41, 5.74) is 0. The van der Waals surface area contributed by atoms with Crippen molar-refractivity contribution in [1.82, 2.24) is 10.2 Å². The van der Waals surface area contributed by atoms with Gasteiger partial charge < -0.3 is 15.0 Å². The predicted octanol–water partition coefficient (Wildman–Crippen LogP) is 1.72. The Bertz CT molecular complexity index is 198. The van der Waals surface area contributed by atoms with Gasteiger partial charge in [0.15, 0.2) is 5.96 Å². The molecular formula is C11H24IN3O. The van der Waals surface area contributed by atoms with Gasteiger partial charge >= 0.3 is 0 Å². The van der Waals surface area contributed by atoms with Crippen LogP contribution in [-0.4, -0.2) is 51.8 Å². The third kappa shape index (κ3) is 8.96. The van der Waals surface area contributed by atoms with Gasteiger partial charge in [-0.15, -0.1) is 30.6 Å². The minimum Gasteiger partial charge on any atom is -0.383 e. The van der Waals surface area contributed by atoms with Crippen LogP contribution >= 0.6 is 24.0 Å². The second-order valence-electron chi connectivity index (χ2n) is 3.32. The fourth-order valence-electron chi connectivity index (χ4n) is 1.23. The molecule has 16 heavy (non-hydrogen) atoms. The second kappa shape index (κ2) is 12.8. The fraction of sp³-hybridized carbons (Fsp3) is 0.727. The zero-order valence-corrected chi connectivity index (χ0v) is 12.9. The van der Waals surface area contributed by atoms with Crippen LogP contribution in [0.15, 0.2) is 17.6 Å². The lowest BCUT2D eigenvalue weighted by atomic mass is 10.3. The van der Waals surface area contributed by atoms with Crippen molar-refractivity contribution >= 4 is 29.9 Å². The van der Waals surface area contributed by atoms with E-state index in [1.54, 1.807) is 14.2 Å². The van der Waals surface area contributed by atoms with Crippen LogP contribution in [0, 0.1) is 0 Å². The van der Waals surface area contributed by atoms with E-state index in [9.17, 15) is 0 Å². The summed E-state index contributed by atoms with van der Waals surface area (Å²) < 4.78 is 4.97. The first kappa shape index (κ1) is 18.1. The quantitative estimate of drug-likeness (QED) is 0.252. The molecular weight excluding hydrogens is 317 g/mol. The number of hydrogen-bond donors (Lipinski definition) is 1. The third-order valence-electron chi connectivity index (χ3n) is 2.06. The number of nitrogens with zero attached hydrogens (tertiary/aromatic N) is 2. The monoisotopic (exact) mass is 341 g/mol. The van der Waals surface area contributed by atoms with Crippen LogP contribution < -0.4 is 5.32 Å². The van der Waals surface area contributed by atoms with Gasteiger partial charge in [-0.1, -0.05) is 6.08 Å². The number of guanidine groups is 1. The number of methoxy groups -OCH3 is 1. The minimum absolute atomic E-state index is 0. The third-order valence-corrected chi connectivity index (χ3v) is 2.06. The highest BCUT2D eigenvalue weighted by atomic mass is 127. The molecule has 0 atom stereocenters. The molecule has 0 saturated carbocycles. The van der Waals surface area contributed by atoms with Crippen molar-refractivity contribution in [2.45, 2.75) is 12.8 Å². The number of allylic oxidation sites excluding steroid dienone is 1. The molecule has 0 aliphatic heterocycles. The predicted molar refractivity (Wildman–Crippen MR) is 80.7 cm³/mol. The Labute approximate surface area is 116 Å². The molecule has 96 valence electrons. The number of nitrogens with one attached hydrogen (secondary N) is 1. The van der Waals surface area contributed by atoms with Gasteiger partial charge in [0.05, 0.1) is 6.61 Å². The van der Waals surface area contributed by atoms with Gasteiger partial charge in [-0.2, -0.15) is 0 Å².